The van der Waals surface area contributed by atoms with Crippen molar-refractivity contribution in [1.82, 2.24) is 4.90 Å². The minimum Gasteiger partial charge on any atom is -0.460 e. The van der Waals surface area contributed by atoms with Gasteiger partial charge in [-0.1, -0.05) is 46.3 Å². The van der Waals surface area contributed by atoms with E-state index in [4.69, 9.17) is 9.15 Å². The molecular formula is C27H25BrClNO3. The number of benzene rings is 3. The Bertz CT molecular complexity index is 1240. The lowest BCUT2D eigenvalue weighted by Gasteiger charge is -2.32. The quantitative estimate of drug-likeness (QED) is 0.203. The fourth-order valence-electron chi connectivity index (χ4n) is 4.41. The van der Waals surface area contributed by atoms with E-state index in [1.54, 1.807) is 12.1 Å². The molecule has 1 saturated heterocycles. The maximum Gasteiger partial charge on any atom is 0.343 e. The molecule has 6 heteroatoms. The van der Waals surface area contributed by atoms with Crippen molar-refractivity contribution < 1.29 is 13.9 Å². The Kier molecular flexibility index (Phi) is 7.53. The summed E-state index contributed by atoms with van der Waals surface area (Å²) in [4.78, 5) is 14.9. The summed E-state index contributed by atoms with van der Waals surface area (Å²) in [5.74, 6) is 1.66. The Morgan fingerprint density at radius 3 is 2.73 bits per heavy atom. The first-order valence-corrected chi connectivity index (χ1v) is 11.7. The molecule has 5 rings (SSSR count). The first-order valence-electron chi connectivity index (χ1n) is 10.9. The van der Waals surface area contributed by atoms with Gasteiger partial charge < -0.3 is 9.15 Å². The van der Waals surface area contributed by atoms with Gasteiger partial charge in [-0.15, -0.1) is 12.4 Å². The van der Waals surface area contributed by atoms with Gasteiger partial charge in [0.25, 0.3) is 0 Å². The monoisotopic (exact) mass is 525 g/mol. The van der Waals surface area contributed by atoms with Gasteiger partial charge in [0.1, 0.15) is 17.1 Å². The van der Waals surface area contributed by atoms with Crippen LogP contribution in [0.2, 0.25) is 0 Å². The fraction of sp³-hybridized carbons (Fsp3) is 0.222. The number of rotatable bonds is 5. The molecule has 170 valence electrons. The summed E-state index contributed by atoms with van der Waals surface area (Å²) in [5.41, 5.74) is 2.69. The van der Waals surface area contributed by atoms with E-state index in [-0.39, 0.29) is 18.4 Å². The number of halogens is 2. The molecule has 0 saturated carbocycles. The molecule has 0 radical (unpaired) electrons. The van der Waals surface area contributed by atoms with Crippen molar-refractivity contribution in [2.75, 3.05) is 13.1 Å². The number of likely N-dealkylation sites (tertiary alicyclic amines) is 1. The van der Waals surface area contributed by atoms with Crippen molar-refractivity contribution in [3.63, 3.8) is 0 Å². The first kappa shape index (κ1) is 23.6. The molecule has 0 amide bonds. The van der Waals surface area contributed by atoms with Gasteiger partial charge in [0.2, 0.25) is 0 Å². The van der Waals surface area contributed by atoms with Crippen LogP contribution >= 0.6 is 28.3 Å². The summed E-state index contributed by atoms with van der Waals surface area (Å²) in [7, 11) is 0. The van der Waals surface area contributed by atoms with Crippen LogP contribution in [0, 0.1) is 0 Å². The fourth-order valence-corrected chi connectivity index (χ4v) is 4.79. The number of piperidine rings is 1. The summed E-state index contributed by atoms with van der Waals surface area (Å²) in [6.45, 7) is 2.81. The Hall–Kier alpha value is -2.60. The molecule has 1 aliphatic heterocycles. The van der Waals surface area contributed by atoms with Crippen molar-refractivity contribution in [2.45, 2.75) is 25.3 Å². The highest BCUT2D eigenvalue weighted by molar-refractivity contribution is 9.10. The lowest BCUT2D eigenvalue weighted by atomic mass is 9.90. The van der Waals surface area contributed by atoms with E-state index < -0.39 is 0 Å². The molecule has 1 aliphatic rings. The zero-order chi connectivity index (χ0) is 21.9. The molecule has 1 aromatic heterocycles. The van der Waals surface area contributed by atoms with E-state index >= 15 is 0 Å². The van der Waals surface area contributed by atoms with Crippen LogP contribution in [0.25, 0.3) is 11.0 Å². The van der Waals surface area contributed by atoms with Crippen molar-refractivity contribution >= 4 is 45.3 Å². The van der Waals surface area contributed by atoms with Gasteiger partial charge in [-0.05, 0) is 79.4 Å². The number of hydrogen-bond acceptors (Lipinski definition) is 4. The molecule has 0 aliphatic carbocycles. The van der Waals surface area contributed by atoms with E-state index in [9.17, 15) is 4.79 Å². The first-order chi connectivity index (χ1) is 15.6. The van der Waals surface area contributed by atoms with Gasteiger partial charge >= 0.3 is 5.97 Å². The van der Waals surface area contributed by atoms with E-state index in [1.807, 2.05) is 48.5 Å². The zero-order valence-electron chi connectivity index (χ0n) is 18.1. The van der Waals surface area contributed by atoms with E-state index in [0.717, 1.165) is 53.7 Å². The summed E-state index contributed by atoms with van der Waals surface area (Å²) >= 11 is 3.52. The lowest BCUT2D eigenvalue weighted by Crippen LogP contribution is -2.33. The van der Waals surface area contributed by atoms with Crippen LogP contribution in [0.1, 0.15) is 40.4 Å². The molecule has 33 heavy (non-hydrogen) atoms. The highest BCUT2D eigenvalue weighted by atomic mass is 79.9. The van der Waals surface area contributed by atoms with Gasteiger partial charge in [-0.25, -0.2) is 4.79 Å². The standard InChI is InChI=1S/C27H24BrNO3.ClH/c28-23-11-12-26-22(14-23)16-25(31-26)18-29-13-5-9-21(17-29)20-8-4-10-24(15-20)32-27(30)19-6-2-1-3-7-19;/h1-4,6-8,10-12,14-16,21H,5,9,13,17-18H2;1H. The second kappa shape index (κ2) is 10.6. The maximum absolute atomic E-state index is 12.4. The van der Waals surface area contributed by atoms with Crippen molar-refractivity contribution in [3.8, 4) is 5.75 Å². The molecule has 2 heterocycles. The van der Waals surface area contributed by atoms with Crippen LogP contribution in [0.15, 0.2) is 87.8 Å². The smallest absolute Gasteiger partial charge is 0.343 e. The normalized spacial score (nSPS) is 16.3. The second-order valence-corrected chi connectivity index (χ2v) is 9.21. The number of furan rings is 1. The van der Waals surface area contributed by atoms with Crippen LogP contribution in [0.5, 0.6) is 5.75 Å². The number of fused-ring (bicyclic) bond motifs is 1. The third kappa shape index (κ3) is 5.67. The van der Waals surface area contributed by atoms with Gasteiger partial charge in [-0.2, -0.15) is 0 Å². The highest BCUT2D eigenvalue weighted by Crippen LogP contribution is 2.31. The largest absolute Gasteiger partial charge is 0.460 e. The van der Waals surface area contributed by atoms with Crippen molar-refractivity contribution in [2.24, 2.45) is 0 Å². The number of ether oxygens (including phenoxy) is 1. The zero-order valence-corrected chi connectivity index (χ0v) is 20.5. The van der Waals surface area contributed by atoms with Gasteiger partial charge in [0, 0.05) is 16.4 Å². The average Bonchev–Trinajstić information content (AvgIpc) is 3.21. The minimum absolute atomic E-state index is 0. The molecule has 4 aromatic rings. The minimum atomic E-state index is -0.329. The van der Waals surface area contributed by atoms with Crippen molar-refractivity contribution in [3.05, 3.63) is 100 Å². The topological polar surface area (TPSA) is 42.7 Å². The molecular weight excluding hydrogens is 502 g/mol. The van der Waals surface area contributed by atoms with Crippen molar-refractivity contribution in [1.29, 1.82) is 0 Å². The van der Waals surface area contributed by atoms with Gasteiger partial charge in [0.05, 0.1) is 12.1 Å². The van der Waals surface area contributed by atoms with E-state index in [1.165, 1.54) is 5.56 Å². The van der Waals surface area contributed by atoms with Crippen LogP contribution in [-0.2, 0) is 6.54 Å². The molecule has 1 fully saturated rings. The Morgan fingerprint density at radius 2 is 1.88 bits per heavy atom. The van der Waals surface area contributed by atoms with Crippen LogP contribution < -0.4 is 4.74 Å². The molecule has 1 unspecified atom stereocenters. The third-order valence-electron chi connectivity index (χ3n) is 5.96. The average molecular weight is 527 g/mol. The number of esters is 1. The molecule has 1 atom stereocenters. The third-order valence-corrected chi connectivity index (χ3v) is 6.46. The van der Waals surface area contributed by atoms with Gasteiger partial charge in [0.15, 0.2) is 0 Å². The number of carbonyl (C=O) groups is 1. The predicted octanol–water partition coefficient (Wildman–Crippen LogP) is 7.22. The van der Waals surface area contributed by atoms with Crippen LogP contribution in [0.3, 0.4) is 0 Å². The predicted molar refractivity (Wildman–Crippen MR) is 136 cm³/mol. The summed E-state index contributed by atoms with van der Waals surface area (Å²) < 4.78 is 12.7. The van der Waals surface area contributed by atoms with Crippen LogP contribution in [0.4, 0.5) is 0 Å². The maximum atomic E-state index is 12.4. The number of carbonyl (C=O) groups excluding carboxylic acids is 1. The Labute approximate surface area is 208 Å². The summed E-state index contributed by atoms with van der Waals surface area (Å²) in [5, 5.41) is 1.12. The molecule has 3 aromatic carbocycles. The van der Waals surface area contributed by atoms with E-state index in [0.29, 0.717) is 17.2 Å². The number of hydrogen-bond donors (Lipinski definition) is 0. The molecule has 0 spiro atoms. The van der Waals surface area contributed by atoms with Crippen LogP contribution in [-0.4, -0.2) is 24.0 Å². The Balaban J connectivity index is 0.00000259. The highest BCUT2D eigenvalue weighted by Gasteiger charge is 2.23. The molecule has 0 N–H and O–H groups in total. The molecule has 0 bridgehead atoms. The van der Waals surface area contributed by atoms with E-state index in [2.05, 4.69) is 39.0 Å². The lowest BCUT2D eigenvalue weighted by molar-refractivity contribution is 0.0734. The summed E-state index contributed by atoms with van der Waals surface area (Å²) in [6.07, 6.45) is 2.25. The molecule has 4 nitrogen and oxygen atoms in total. The Morgan fingerprint density at radius 1 is 1.03 bits per heavy atom. The number of nitrogens with zero attached hydrogens (tertiary/aromatic N) is 1. The SMILES string of the molecule is Cl.O=C(Oc1cccc(C2CCCN(Cc3cc4cc(Br)ccc4o3)C2)c1)c1ccccc1. The second-order valence-electron chi connectivity index (χ2n) is 8.30. The summed E-state index contributed by atoms with van der Waals surface area (Å²) in [6, 6.07) is 25.3. The van der Waals surface area contributed by atoms with Gasteiger partial charge in [-0.3, -0.25) is 4.90 Å².